The Morgan fingerprint density at radius 1 is 1.00 bits per heavy atom. The SMILES string of the molecule is CCOC(=O)[C@H](Cc1ccc(NC(=O)c2c(Cl)cccc2Cl)cc1)NC(=O)C1(CCCCS(C)(=O)=O)CCCC1. The highest BCUT2D eigenvalue weighted by Gasteiger charge is 2.42. The minimum absolute atomic E-state index is 0.0953. The third-order valence-electron chi connectivity index (χ3n) is 7.18. The van der Waals surface area contributed by atoms with E-state index in [-0.39, 0.29) is 40.3 Å². The molecule has 1 aliphatic rings. The first-order valence-corrected chi connectivity index (χ1v) is 16.3. The van der Waals surface area contributed by atoms with Gasteiger partial charge in [0.15, 0.2) is 0 Å². The van der Waals surface area contributed by atoms with Gasteiger partial charge < -0.3 is 15.4 Å². The fraction of sp³-hybridized carbons (Fsp3) is 0.483. The molecule has 218 valence electrons. The first-order chi connectivity index (χ1) is 18.9. The second-order valence-corrected chi connectivity index (χ2v) is 13.4. The Morgan fingerprint density at radius 3 is 2.20 bits per heavy atom. The van der Waals surface area contributed by atoms with E-state index >= 15 is 0 Å². The van der Waals surface area contributed by atoms with Crippen LogP contribution in [-0.4, -0.2) is 50.9 Å². The van der Waals surface area contributed by atoms with Crippen molar-refractivity contribution in [3.63, 3.8) is 0 Å². The summed E-state index contributed by atoms with van der Waals surface area (Å²) in [6, 6.07) is 10.9. The average Bonchev–Trinajstić information content (AvgIpc) is 3.37. The fourth-order valence-electron chi connectivity index (χ4n) is 5.09. The maximum atomic E-state index is 13.5. The van der Waals surface area contributed by atoms with Gasteiger partial charge in [0, 0.05) is 29.5 Å². The smallest absolute Gasteiger partial charge is 0.328 e. The van der Waals surface area contributed by atoms with E-state index in [2.05, 4.69) is 10.6 Å². The number of nitrogens with one attached hydrogen (secondary N) is 2. The highest BCUT2D eigenvalue weighted by atomic mass is 35.5. The Balaban J connectivity index is 1.68. The van der Waals surface area contributed by atoms with Gasteiger partial charge in [-0.3, -0.25) is 9.59 Å². The van der Waals surface area contributed by atoms with Crippen LogP contribution in [0.4, 0.5) is 5.69 Å². The summed E-state index contributed by atoms with van der Waals surface area (Å²) in [5.41, 5.74) is 0.842. The quantitative estimate of drug-likeness (QED) is 0.225. The van der Waals surface area contributed by atoms with Crippen LogP contribution in [0.2, 0.25) is 10.0 Å². The number of carbonyl (C=O) groups is 3. The molecular formula is C29H36Cl2N2O6S. The second-order valence-electron chi connectivity index (χ2n) is 10.3. The predicted octanol–water partition coefficient (Wildman–Crippen LogP) is 5.61. The van der Waals surface area contributed by atoms with Gasteiger partial charge in [0.2, 0.25) is 5.91 Å². The van der Waals surface area contributed by atoms with Crippen LogP contribution in [0.5, 0.6) is 0 Å². The minimum Gasteiger partial charge on any atom is -0.464 e. The van der Waals surface area contributed by atoms with Crippen LogP contribution >= 0.6 is 23.2 Å². The van der Waals surface area contributed by atoms with Crippen molar-refractivity contribution in [3.8, 4) is 0 Å². The Hall–Kier alpha value is -2.62. The maximum Gasteiger partial charge on any atom is 0.328 e. The predicted molar refractivity (Wildman–Crippen MR) is 158 cm³/mol. The Morgan fingerprint density at radius 2 is 1.62 bits per heavy atom. The standard InChI is InChI=1S/C29H36Cl2N2O6S/c1-3-39-27(35)24(33-28(36)29(15-4-5-16-29)17-6-7-18-40(2,37)38)19-20-11-13-21(14-12-20)32-26(34)25-22(30)9-8-10-23(25)31/h8-14,24H,3-7,15-19H2,1-2H3,(H,32,34)(H,33,36)/t24-/m0/s1. The Bertz CT molecular complexity index is 1290. The molecule has 0 aliphatic heterocycles. The number of amides is 2. The zero-order valence-corrected chi connectivity index (χ0v) is 25.1. The van der Waals surface area contributed by atoms with Crippen molar-refractivity contribution in [2.24, 2.45) is 5.41 Å². The van der Waals surface area contributed by atoms with E-state index < -0.39 is 33.2 Å². The number of halogens is 2. The van der Waals surface area contributed by atoms with Gasteiger partial charge in [0.05, 0.1) is 22.2 Å². The van der Waals surface area contributed by atoms with Crippen LogP contribution in [0.3, 0.4) is 0 Å². The molecule has 0 spiro atoms. The molecule has 1 saturated carbocycles. The van der Waals surface area contributed by atoms with Crippen LogP contribution < -0.4 is 10.6 Å². The van der Waals surface area contributed by atoms with Crippen LogP contribution in [0, 0.1) is 5.41 Å². The maximum absolute atomic E-state index is 13.5. The molecule has 0 unspecified atom stereocenters. The lowest BCUT2D eigenvalue weighted by atomic mass is 9.80. The zero-order valence-electron chi connectivity index (χ0n) is 22.8. The van der Waals surface area contributed by atoms with E-state index in [1.807, 2.05) is 0 Å². The molecule has 0 bridgehead atoms. The molecular weight excluding hydrogens is 575 g/mol. The number of ether oxygens (including phenoxy) is 1. The zero-order chi connectivity index (χ0) is 29.3. The molecule has 40 heavy (non-hydrogen) atoms. The molecule has 0 saturated heterocycles. The molecule has 2 N–H and O–H groups in total. The first-order valence-electron chi connectivity index (χ1n) is 13.4. The number of hydrogen-bond acceptors (Lipinski definition) is 6. The van der Waals surface area contributed by atoms with Crippen molar-refractivity contribution in [3.05, 3.63) is 63.6 Å². The monoisotopic (exact) mass is 610 g/mol. The van der Waals surface area contributed by atoms with E-state index in [1.54, 1.807) is 49.4 Å². The molecule has 1 fully saturated rings. The van der Waals surface area contributed by atoms with Crippen molar-refractivity contribution < 1.29 is 27.5 Å². The van der Waals surface area contributed by atoms with Crippen molar-refractivity contribution >= 4 is 56.5 Å². The first kappa shape index (κ1) is 31.9. The Labute approximate surface area is 246 Å². The van der Waals surface area contributed by atoms with E-state index in [1.165, 1.54) is 6.26 Å². The molecule has 3 rings (SSSR count). The van der Waals surface area contributed by atoms with Gasteiger partial charge in [-0.05, 0) is 62.4 Å². The summed E-state index contributed by atoms with van der Waals surface area (Å²) < 4.78 is 28.3. The molecule has 2 amide bonds. The lowest BCUT2D eigenvalue weighted by Crippen LogP contribution is -2.49. The number of rotatable bonds is 13. The van der Waals surface area contributed by atoms with Gasteiger partial charge in [-0.1, -0.05) is 60.7 Å². The topological polar surface area (TPSA) is 119 Å². The van der Waals surface area contributed by atoms with Crippen LogP contribution in [-0.2, 0) is 30.6 Å². The third kappa shape index (κ3) is 8.94. The molecule has 8 nitrogen and oxygen atoms in total. The molecule has 1 aliphatic carbocycles. The lowest BCUT2D eigenvalue weighted by Gasteiger charge is -2.30. The van der Waals surface area contributed by atoms with Crippen molar-refractivity contribution in [1.29, 1.82) is 0 Å². The number of sulfone groups is 1. The largest absolute Gasteiger partial charge is 0.464 e. The molecule has 2 aromatic carbocycles. The molecule has 0 heterocycles. The van der Waals surface area contributed by atoms with Gasteiger partial charge >= 0.3 is 5.97 Å². The number of unbranched alkanes of at least 4 members (excludes halogenated alkanes) is 1. The van der Waals surface area contributed by atoms with Gasteiger partial charge in [-0.25, -0.2) is 13.2 Å². The van der Waals surface area contributed by atoms with E-state index in [9.17, 15) is 22.8 Å². The summed E-state index contributed by atoms with van der Waals surface area (Å²) in [7, 11) is -3.06. The summed E-state index contributed by atoms with van der Waals surface area (Å²) in [5.74, 6) is -1.06. The number of hydrogen-bond donors (Lipinski definition) is 2. The van der Waals surface area contributed by atoms with Crippen molar-refractivity contribution in [2.45, 2.75) is 64.3 Å². The lowest BCUT2D eigenvalue weighted by molar-refractivity contribution is -0.148. The number of esters is 1. The minimum atomic E-state index is -3.06. The third-order valence-corrected chi connectivity index (χ3v) is 8.84. The van der Waals surface area contributed by atoms with Gasteiger partial charge in [0.1, 0.15) is 15.9 Å². The number of benzene rings is 2. The molecule has 11 heteroatoms. The second kappa shape index (κ2) is 14.3. The molecule has 0 aromatic heterocycles. The number of anilines is 1. The van der Waals surface area contributed by atoms with Gasteiger partial charge in [-0.2, -0.15) is 0 Å². The van der Waals surface area contributed by atoms with E-state index in [4.69, 9.17) is 27.9 Å². The molecule has 2 aromatic rings. The highest BCUT2D eigenvalue weighted by Crippen LogP contribution is 2.42. The van der Waals surface area contributed by atoms with E-state index in [0.717, 1.165) is 18.4 Å². The van der Waals surface area contributed by atoms with Crippen molar-refractivity contribution in [2.75, 3.05) is 23.9 Å². The van der Waals surface area contributed by atoms with E-state index in [0.29, 0.717) is 37.8 Å². The summed E-state index contributed by atoms with van der Waals surface area (Å²) in [6.07, 6.45) is 6.36. The van der Waals surface area contributed by atoms with Crippen molar-refractivity contribution in [1.82, 2.24) is 5.32 Å². The average molecular weight is 612 g/mol. The molecule has 0 radical (unpaired) electrons. The normalized spacial score (nSPS) is 15.3. The van der Waals surface area contributed by atoms with Gasteiger partial charge in [-0.15, -0.1) is 0 Å². The fourth-order valence-corrected chi connectivity index (χ4v) is 6.38. The summed E-state index contributed by atoms with van der Waals surface area (Å²) in [5, 5.41) is 6.19. The van der Waals surface area contributed by atoms with Crippen LogP contribution in [0.1, 0.15) is 67.8 Å². The summed E-state index contributed by atoms with van der Waals surface area (Å²) in [6.45, 7) is 1.89. The number of carbonyl (C=O) groups excluding carboxylic acids is 3. The van der Waals surface area contributed by atoms with Gasteiger partial charge in [0.25, 0.3) is 5.91 Å². The van der Waals surface area contributed by atoms with Crippen LogP contribution in [0.15, 0.2) is 42.5 Å². The Kier molecular flexibility index (Phi) is 11.4. The summed E-state index contributed by atoms with van der Waals surface area (Å²) >= 11 is 12.3. The summed E-state index contributed by atoms with van der Waals surface area (Å²) in [4.78, 5) is 39.0. The highest BCUT2D eigenvalue weighted by molar-refractivity contribution is 7.90. The molecule has 1 atom stereocenters. The van der Waals surface area contributed by atoms with Crippen LogP contribution in [0.25, 0.3) is 0 Å².